The summed E-state index contributed by atoms with van der Waals surface area (Å²) in [7, 11) is 0. The molecule has 1 rings (SSSR count). The van der Waals surface area contributed by atoms with Gasteiger partial charge in [0.15, 0.2) is 0 Å². The highest BCUT2D eigenvalue weighted by Crippen LogP contribution is 2.22. The highest BCUT2D eigenvalue weighted by atomic mass is 19.1. The number of aliphatic hydroxyl groups excluding tert-OH is 1. The first-order valence-electron chi connectivity index (χ1n) is 5.85. The SMILES string of the molecule is CCCN(CCO)Cc1c(F)cccc1[N+](=O)[O-]. The maximum atomic E-state index is 13.7. The van der Waals surface area contributed by atoms with Gasteiger partial charge in [-0.2, -0.15) is 0 Å². The van der Waals surface area contributed by atoms with Crippen LogP contribution in [0.15, 0.2) is 18.2 Å². The van der Waals surface area contributed by atoms with Crippen molar-refractivity contribution in [1.29, 1.82) is 0 Å². The number of hydrogen-bond donors (Lipinski definition) is 1. The van der Waals surface area contributed by atoms with Crippen LogP contribution in [0.2, 0.25) is 0 Å². The summed E-state index contributed by atoms with van der Waals surface area (Å²) < 4.78 is 13.7. The van der Waals surface area contributed by atoms with Crippen LogP contribution in [0.4, 0.5) is 10.1 Å². The Hall–Kier alpha value is -1.53. The van der Waals surface area contributed by atoms with E-state index in [1.807, 2.05) is 6.92 Å². The van der Waals surface area contributed by atoms with E-state index in [1.165, 1.54) is 18.2 Å². The van der Waals surface area contributed by atoms with E-state index in [2.05, 4.69) is 0 Å². The monoisotopic (exact) mass is 256 g/mol. The average Bonchev–Trinajstić information content (AvgIpc) is 2.32. The van der Waals surface area contributed by atoms with Crippen LogP contribution >= 0.6 is 0 Å². The first kappa shape index (κ1) is 14.5. The van der Waals surface area contributed by atoms with Crippen LogP contribution in [-0.2, 0) is 6.54 Å². The molecule has 0 aliphatic rings. The maximum Gasteiger partial charge on any atom is 0.276 e. The van der Waals surface area contributed by atoms with Crippen LogP contribution in [0.1, 0.15) is 18.9 Å². The lowest BCUT2D eigenvalue weighted by Gasteiger charge is -2.20. The van der Waals surface area contributed by atoms with E-state index in [0.717, 1.165) is 6.42 Å². The third-order valence-corrected chi connectivity index (χ3v) is 2.63. The highest BCUT2D eigenvalue weighted by Gasteiger charge is 2.19. The smallest absolute Gasteiger partial charge is 0.276 e. The van der Waals surface area contributed by atoms with Gasteiger partial charge in [0, 0.05) is 19.2 Å². The van der Waals surface area contributed by atoms with Crippen molar-refractivity contribution in [3.05, 3.63) is 39.7 Å². The molecule has 0 unspecified atom stereocenters. The fourth-order valence-electron chi connectivity index (χ4n) is 1.83. The Kier molecular flexibility index (Phi) is 5.67. The van der Waals surface area contributed by atoms with Gasteiger partial charge in [-0.25, -0.2) is 4.39 Å². The molecular weight excluding hydrogens is 239 g/mol. The molecule has 100 valence electrons. The Bertz CT molecular complexity index is 406. The first-order chi connectivity index (χ1) is 8.60. The summed E-state index contributed by atoms with van der Waals surface area (Å²) in [5, 5.41) is 19.8. The van der Waals surface area contributed by atoms with Crippen LogP contribution < -0.4 is 0 Å². The zero-order chi connectivity index (χ0) is 13.5. The van der Waals surface area contributed by atoms with E-state index in [-0.39, 0.29) is 24.4 Å². The molecule has 0 aromatic heterocycles. The molecule has 0 fully saturated rings. The molecule has 1 aromatic rings. The summed E-state index contributed by atoms with van der Waals surface area (Å²) in [5.74, 6) is -0.580. The minimum absolute atomic E-state index is 0.0533. The van der Waals surface area contributed by atoms with E-state index < -0.39 is 10.7 Å². The summed E-state index contributed by atoms with van der Waals surface area (Å²) in [6.45, 7) is 3.07. The Morgan fingerprint density at radius 2 is 2.17 bits per heavy atom. The lowest BCUT2D eigenvalue weighted by molar-refractivity contribution is -0.386. The largest absolute Gasteiger partial charge is 0.395 e. The van der Waals surface area contributed by atoms with Gasteiger partial charge in [0.1, 0.15) is 5.82 Å². The van der Waals surface area contributed by atoms with E-state index in [0.29, 0.717) is 13.1 Å². The quantitative estimate of drug-likeness (QED) is 0.598. The van der Waals surface area contributed by atoms with Gasteiger partial charge in [-0.3, -0.25) is 15.0 Å². The zero-order valence-electron chi connectivity index (χ0n) is 10.3. The van der Waals surface area contributed by atoms with Gasteiger partial charge in [-0.1, -0.05) is 13.0 Å². The van der Waals surface area contributed by atoms with Crippen molar-refractivity contribution in [2.75, 3.05) is 19.7 Å². The number of nitrogens with zero attached hydrogens (tertiary/aromatic N) is 2. The van der Waals surface area contributed by atoms with Crippen molar-refractivity contribution in [1.82, 2.24) is 4.90 Å². The molecule has 0 amide bonds. The van der Waals surface area contributed by atoms with Crippen molar-refractivity contribution in [3.63, 3.8) is 0 Å². The Balaban J connectivity index is 2.96. The molecule has 0 bridgehead atoms. The molecule has 0 aliphatic carbocycles. The molecular formula is C12H17FN2O3. The topological polar surface area (TPSA) is 66.6 Å². The number of halogens is 1. The molecule has 0 radical (unpaired) electrons. The minimum atomic E-state index is -0.582. The van der Waals surface area contributed by atoms with E-state index in [4.69, 9.17) is 5.11 Å². The van der Waals surface area contributed by atoms with Crippen LogP contribution in [0, 0.1) is 15.9 Å². The molecule has 5 nitrogen and oxygen atoms in total. The number of nitro groups is 1. The maximum absolute atomic E-state index is 13.7. The third-order valence-electron chi connectivity index (χ3n) is 2.63. The Morgan fingerprint density at radius 1 is 1.44 bits per heavy atom. The molecule has 0 heterocycles. The normalized spacial score (nSPS) is 10.9. The molecule has 6 heteroatoms. The van der Waals surface area contributed by atoms with Crippen LogP contribution in [0.5, 0.6) is 0 Å². The summed E-state index contributed by atoms with van der Waals surface area (Å²) in [6.07, 6.45) is 0.836. The number of nitro benzene ring substituents is 1. The predicted molar refractivity (Wildman–Crippen MR) is 65.7 cm³/mol. The van der Waals surface area contributed by atoms with Crippen molar-refractivity contribution in [2.45, 2.75) is 19.9 Å². The van der Waals surface area contributed by atoms with Gasteiger partial charge in [0.25, 0.3) is 5.69 Å². The molecule has 0 spiro atoms. The van der Waals surface area contributed by atoms with Crippen LogP contribution in [-0.4, -0.2) is 34.6 Å². The van der Waals surface area contributed by atoms with Gasteiger partial charge in [-0.05, 0) is 19.0 Å². The predicted octanol–water partition coefficient (Wildman–Crippen LogP) is 1.94. The number of rotatable bonds is 7. The second kappa shape index (κ2) is 7.03. The molecule has 0 saturated heterocycles. The molecule has 1 N–H and O–H groups in total. The average molecular weight is 256 g/mol. The van der Waals surface area contributed by atoms with Crippen LogP contribution in [0.25, 0.3) is 0 Å². The van der Waals surface area contributed by atoms with Crippen molar-refractivity contribution >= 4 is 5.69 Å². The first-order valence-corrected chi connectivity index (χ1v) is 5.85. The van der Waals surface area contributed by atoms with Gasteiger partial charge in [-0.15, -0.1) is 0 Å². The third kappa shape index (κ3) is 3.75. The summed E-state index contributed by atoms with van der Waals surface area (Å²) in [5.41, 5.74) is -0.140. The standard InChI is InChI=1S/C12H17FN2O3/c1-2-6-14(7-8-16)9-10-11(13)4-3-5-12(10)15(17)18/h3-5,16H,2,6-9H2,1H3. The van der Waals surface area contributed by atoms with Crippen molar-refractivity contribution < 1.29 is 14.4 Å². The second-order valence-electron chi connectivity index (χ2n) is 3.99. The number of aliphatic hydroxyl groups is 1. The minimum Gasteiger partial charge on any atom is -0.395 e. The summed E-state index contributed by atoms with van der Waals surface area (Å²) in [4.78, 5) is 12.1. The van der Waals surface area contributed by atoms with Gasteiger partial charge in [0.05, 0.1) is 17.1 Å². The molecule has 0 aliphatic heterocycles. The van der Waals surface area contributed by atoms with Crippen molar-refractivity contribution in [2.24, 2.45) is 0 Å². The van der Waals surface area contributed by atoms with Gasteiger partial charge < -0.3 is 5.11 Å². The van der Waals surface area contributed by atoms with E-state index in [1.54, 1.807) is 4.90 Å². The lowest BCUT2D eigenvalue weighted by Crippen LogP contribution is -2.28. The number of benzene rings is 1. The van der Waals surface area contributed by atoms with Crippen molar-refractivity contribution in [3.8, 4) is 0 Å². The molecule has 18 heavy (non-hydrogen) atoms. The molecule has 0 saturated carbocycles. The lowest BCUT2D eigenvalue weighted by atomic mass is 10.1. The summed E-state index contributed by atoms with van der Waals surface area (Å²) in [6, 6.07) is 3.83. The van der Waals surface area contributed by atoms with E-state index in [9.17, 15) is 14.5 Å². The van der Waals surface area contributed by atoms with E-state index >= 15 is 0 Å². The van der Waals surface area contributed by atoms with Crippen LogP contribution in [0.3, 0.4) is 0 Å². The molecule has 1 aromatic carbocycles. The molecule has 0 atom stereocenters. The second-order valence-corrected chi connectivity index (χ2v) is 3.99. The Labute approximate surface area is 105 Å². The summed E-state index contributed by atoms with van der Waals surface area (Å²) >= 11 is 0. The van der Waals surface area contributed by atoms with Gasteiger partial charge >= 0.3 is 0 Å². The fourth-order valence-corrected chi connectivity index (χ4v) is 1.83. The number of hydrogen-bond acceptors (Lipinski definition) is 4. The highest BCUT2D eigenvalue weighted by molar-refractivity contribution is 5.40. The van der Waals surface area contributed by atoms with Gasteiger partial charge in [0.2, 0.25) is 0 Å². The zero-order valence-corrected chi connectivity index (χ0v) is 10.3. The Morgan fingerprint density at radius 3 is 2.72 bits per heavy atom. The fraction of sp³-hybridized carbons (Fsp3) is 0.500.